The first-order valence-electron chi connectivity index (χ1n) is 7.11. The van der Waals surface area contributed by atoms with Crippen LogP contribution in [0.2, 0.25) is 0 Å². The highest BCUT2D eigenvalue weighted by atomic mass is 32.1. The molecule has 0 spiro atoms. The second-order valence-electron chi connectivity index (χ2n) is 4.84. The summed E-state index contributed by atoms with van der Waals surface area (Å²) in [6, 6.07) is 3.80. The molecule has 9 heteroatoms. The molecule has 2 aromatic heterocycles. The third kappa shape index (κ3) is 5.97. The molecule has 0 aliphatic carbocycles. The van der Waals surface area contributed by atoms with E-state index in [1.807, 2.05) is 10.8 Å². The minimum Gasteiger partial charge on any atom is -0.337 e. The Bertz CT molecular complexity index is 668. The van der Waals surface area contributed by atoms with E-state index < -0.39 is 0 Å². The van der Waals surface area contributed by atoms with Crippen LogP contribution in [0.15, 0.2) is 17.5 Å². The van der Waals surface area contributed by atoms with Crippen LogP contribution in [-0.4, -0.2) is 23.5 Å². The summed E-state index contributed by atoms with van der Waals surface area (Å²) in [4.78, 5) is 28.8. The van der Waals surface area contributed by atoms with Crippen LogP contribution in [0, 0.1) is 0 Å². The Hall–Kier alpha value is -1.97. The van der Waals surface area contributed by atoms with Gasteiger partial charge in [-0.1, -0.05) is 0 Å². The van der Waals surface area contributed by atoms with Gasteiger partial charge in [0.15, 0.2) is 5.13 Å². The summed E-state index contributed by atoms with van der Waals surface area (Å²) < 4.78 is 0. The molecule has 7 nitrogen and oxygen atoms in total. The largest absolute Gasteiger partial charge is 0.337 e. The van der Waals surface area contributed by atoms with Crippen LogP contribution < -0.4 is 21.9 Å². The summed E-state index contributed by atoms with van der Waals surface area (Å²) in [5.41, 5.74) is 3.01. The summed E-state index contributed by atoms with van der Waals surface area (Å²) in [6.07, 6.45) is 2.52. The number of aryl methyl sites for hydroxylation is 2. The second-order valence-corrected chi connectivity index (χ2v) is 6.95. The summed E-state index contributed by atoms with van der Waals surface area (Å²) in [5, 5.41) is 7.95. The molecule has 0 aliphatic heterocycles. The van der Waals surface area contributed by atoms with E-state index in [-0.39, 0.29) is 11.9 Å². The first-order chi connectivity index (χ1) is 11.1. The fraction of sp³-hybridized carbons (Fsp3) is 0.357. The number of hydrazine groups is 1. The lowest BCUT2D eigenvalue weighted by atomic mass is 10.2. The fourth-order valence-corrected chi connectivity index (χ4v) is 3.73. The lowest BCUT2D eigenvalue weighted by Crippen LogP contribution is -2.40. The molecule has 23 heavy (non-hydrogen) atoms. The lowest BCUT2D eigenvalue weighted by molar-refractivity contribution is -0.114. The molecule has 3 amide bonds. The Kier molecular flexibility index (Phi) is 6.51. The summed E-state index contributed by atoms with van der Waals surface area (Å²) in [6.45, 7) is 2.02. The van der Waals surface area contributed by atoms with Gasteiger partial charge < -0.3 is 10.6 Å². The van der Waals surface area contributed by atoms with E-state index in [0.717, 1.165) is 25.0 Å². The standard InChI is InChI=1S/C14H19N5O2S2/c1-9(20)17-14-18-10(8-22-14)2-3-11-4-5-12(23-11)6-7-16-13(21)19-15/h4-5,8H,2-3,6-7,15H2,1H3,(H2,16,19,21)(H,17,18,20). The van der Waals surface area contributed by atoms with Crippen molar-refractivity contribution in [3.8, 4) is 0 Å². The number of carbonyl (C=O) groups excluding carboxylic acids is 2. The third-order valence-electron chi connectivity index (χ3n) is 2.97. The van der Waals surface area contributed by atoms with Gasteiger partial charge in [-0.3, -0.25) is 10.2 Å². The zero-order valence-electron chi connectivity index (χ0n) is 12.7. The molecule has 124 valence electrons. The van der Waals surface area contributed by atoms with Gasteiger partial charge in [0.05, 0.1) is 5.69 Å². The van der Waals surface area contributed by atoms with Crippen LogP contribution in [-0.2, 0) is 24.1 Å². The highest BCUT2D eigenvalue weighted by molar-refractivity contribution is 7.14. The van der Waals surface area contributed by atoms with E-state index >= 15 is 0 Å². The second kappa shape index (κ2) is 8.61. The molecule has 0 saturated heterocycles. The molecule has 0 fully saturated rings. The smallest absolute Gasteiger partial charge is 0.328 e. The van der Waals surface area contributed by atoms with E-state index in [0.29, 0.717) is 11.7 Å². The maximum absolute atomic E-state index is 11.0. The lowest BCUT2D eigenvalue weighted by Gasteiger charge is -2.01. The molecule has 2 rings (SSSR count). The number of nitrogens with zero attached hydrogens (tertiary/aromatic N) is 1. The normalized spacial score (nSPS) is 10.3. The van der Waals surface area contributed by atoms with Crippen molar-refractivity contribution < 1.29 is 9.59 Å². The van der Waals surface area contributed by atoms with Gasteiger partial charge in [-0.05, 0) is 31.4 Å². The topological polar surface area (TPSA) is 109 Å². The van der Waals surface area contributed by atoms with Gasteiger partial charge in [0.2, 0.25) is 5.91 Å². The van der Waals surface area contributed by atoms with Gasteiger partial charge in [-0.25, -0.2) is 15.6 Å². The Balaban J connectivity index is 1.77. The molecular formula is C14H19N5O2S2. The van der Waals surface area contributed by atoms with Gasteiger partial charge in [0.25, 0.3) is 0 Å². The van der Waals surface area contributed by atoms with Gasteiger partial charge in [0, 0.05) is 28.6 Å². The molecular weight excluding hydrogens is 334 g/mol. The van der Waals surface area contributed by atoms with Gasteiger partial charge in [0.1, 0.15) is 0 Å². The zero-order chi connectivity index (χ0) is 16.7. The number of nitrogens with one attached hydrogen (secondary N) is 3. The predicted molar refractivity (Wildman–Crippen MR) is 92.6 cm³/mol. The van der Waals surface area contributed by atoms with Crippen LogP contribution >= 0.6 is 22.7 Å². The van der Waals surface area contributed by atoms with E-state index in [1.165, 1.54) is 28.0 Å². The fourth-order valence-electron chi connectivity index (χ4n) is 1.92. The van der Waals surface area contributed by atoms with E-state index in [9.17, 15) is 9.59 Å². The Labute approximate surface area is 142 Å². The number of hydrogen-bond acceptors (Lipinski definition) is 6. The van der Waals surface area contributed by atoms with Crippen molar-refractivity contribution in [2.24, 2.45) is 5.84 Å². The molecule has 0 unspecified atom stereocenters. The average Bonchev–Trinajstić information content (AvgIpc) is 3.13. The predicted octanol–water partition coefficient (Wildman–Crippen LogP) is 1.66. The molecule has 0 saturated carbocycles. The van der Waals surface area contributed by atoms with Crippen LogP contribution in [0.25, 0.3) is 0 Å². The molecule has 0 atom stereocenters. The highest BCUT2D eigenvalue weighted by Crippen LogP contribution is 2.21. The monoisotopic (exact) mass is 353 g/mol. The number of carbonyl (C=O) groups is 2. The molecule has 0 radical (unpaired) electrons. The van der Waals surface area contributed by atoms with Crippen molar-refractivity contribution in [2.75, 3.05) is 11.9 Å². The molecule has 0 bridgehead atoms. The number of rotatable bonds is 7. The van der Waals surface area contributed by atoms with Gasteiger partial charge in [-0.15, -0.1) is 22.7 Å². The van der Waals surface area contributed by atoms with Crippen molar-refractivity contribution in [1.29, 1.82) is 0 Å². The first-order valence-corrected chi connectivity index (χ1v) is 8.80. The minimum absolute atomic E-state index is 0.106. The van der Waals surface area contributed by atoms with Gasteiger partial charge in [-0.2, -0.15) is 0 Å². The summed E-state index contributed by atoms with van der Waals surface area (Å²) >= 11 is 3.17. The molecule has 0 aliphatic rings. The number of thiazole rings is 1. The molecule has 2 heterocycles. The van der Waals surface area contributed by atoms with Crippen molar-refractivity contribution in [3.05, 3.63) is 33.0 Å². The van der Waals surface area contributed by atoms with Gasteiger partial charge >= 0.3 is 6.03 Å². The maximum atomic E-state index is 11.0. The number of amides is 3. The van der Waals surface area contributed by atoms with Crippen molar-refractivity contribution in [3.63, 3.8) is 0 Å². The van der Waals surface area contributed by atoms with Crippen LogP contribution in [0.3, 0.4) is 0 Å². The van der Waals surface area contributed by atoms with E-state index in [2.05, 4.69) is 27.8 Å². The van der Waals surface area contributed by atoms with Crippen molar-refractivity contribution >= 4 is 39.7 Å². The first kappa shape index (κ1) is 17.4. The van der Waals surface area contributed by atoms with Crippen LogP contribution in [0.5, 0.6) is 0 Å². The van der Waals surface area contributed by atoms with Crippen molar-refractivity contribution in [2.45, 2.75) is 26.2 Å². The number of urea groups is 1. The Morgan fingerprint density at radius 2 is 1.96 bits per heavy atom. The highest BCUT2D eigenvalue weighted by Gasteiger charge is 2.06. The van der Waals surface area contributed by atoms with E-state index in [1.54, 1.807) is 11.3 Å². The summed E-state index contributed by atoms with van der Waals surface area (Å²) in [5.74, 6) is 4.89. The number of hydrogen-bond donors (Lipinski definition) is 4. The van der Waals surface area contributed by atoms with E-state index in [4.69, 9.17) is 5.84 Å². The SMILES string of the molecule is CC(=O)Nc1nc(CCc2ccc(CCNC(=O)NN)s2)cs1. The number of nitrogens with two attached hydrogens (primary N) is 1. The van der Waals surface area contributed by atoms with Crippen LogP contribution in [0.4, 0.5) is 9.93 Å². The maximum Gasteiger partial charge on any atom is 0.328 e. The minimum atomic E-state index is -0.375. The average molecular weight is 353 g/mol. The number of thiophene rings is 1. The molecule has 2 aromatic rings. The molecule has 0 aromatic carbocycles. The molecule has 5 N–H and O–H groups in total. The number of aromatic nitrogens is 1. The quantitative estimate of drug-likeness (QED) is 0.345. The Morgan fingerprint density at radius 1 is 1.22 bits per heavy atom. The zero-order valence-corrected chi connectivity index (χ0v) is 14.4. The third-order valence-corrected chi connectivity index (χ3v) is 4.98. The summed E-state index contributed by atoms with van der Waals surface area (Å²) in [7, 11) is 0. The van der Waals surface area contributed by atoms with Crippen LogP contribution in [0.1, 0.15) is 22.4 Å². The van der Waals surface area contributed by atoms with Crippen molar-refractivity contribution in [1.82, 2.24) is 15.7 Å². The number of anilines is 1. The Morgan fingerprint density at radius 3 is 2.65 bits per heavy atom.